The van der Waals surface area contributed by atoms with Crippen LogP contribution in [0.2, 0.25) is 0 Å². The first kappa shape index (κ1) is 28.8. The Balaban J connectivity index is 0.00000282. The molecule has 0 spiro atoms. The Labute approximate surface area is 187 Å². The number of esters is 1. The lowest BCUT2D eigenvalue weighted by atomic mass is 9.96. The van der Waals surface area contributed by atoms with Crippen LogP contribution in [-0.4, -0.2) is 41.1 Å². The highest BCUT2D eigenvalue weighted by atomic mass is 16.5. The first-order valence-corrected chi connectivity index (χ1v) is 11.5. The van der Waals surface area contributed by atoms with Gasteiger partial charge in [0.1, 0.15) is 0 Å². The van der Waals surface area contributed by atoms with E-state index in [1.807, 2.05) is 0 Å². The van der Waals surface area contributed by atoms with Gasteiger partial charge in [0.25, 0.3) is 0 Å². The standard InChI is InChI=1S/C22H32O6.C3H8/c1-16(2)20(24)17-11-12-18(21(25)26)19(15-17)22(27)28-14-10-8-6-4-3-5-7-9-13-23;1-3-2/h11-12,15-16,23H,3-10,13-14H2,1-2H3,(H,25,26);3H2,1-2H3. The quantitative estimate of drug-likeness (QED) is 0.214. The van der Waals surface area contributed by atoms with Gasteiger partial charge in [-0.25, -0.2) is 9.59 Å². The lowest BCUT2D eigenvalue weighted by Crippen LogP contribution is -2.15. The molecular weight excluding hydrogens is 396 g/mol. The fourth-order valence-corrected chi connectivity index (χ4v) is 2.90. The van der Waals surface area contributed by atoms with Gasteiger partial charge in [-0.15, -0.1) is 0 Å². The van der Waals surface area contributed by atoms with E-state index >= 15 is 0 Å². The Hall–Kier alpha value is -2.21. The maximum Gasteiger partial charge on any atom is 0.339 e. The van der Waals surface area contributed by atoms with Crippen LogP contribution in [0.5, 0.6) is 0 Å². The second-order valence-corrected chi connectivity index (χ2v) is 7.98. The van der Waals surface area contributed by atoms with Crippen molar-refractivity contribution in [3.63, 3.8) is 0 Å². The molecule has 31 heavy (non-hydrogen) atoms. The average molecular weight is 437 g/mol. The van der Waals surface area contributed by atoms with E-state index in [1.165, 1.54) is 24.6 Å². The molecule has 0 unspecified atom stereocenters. The number of aliphatic hydroxyl groups is 1. The second kappa shape index (κ2) is 17.5. The number of carbonyl (C=O) groups is 3. The third kappa shape index (κ3) is 12.3. The van der Waals surface area contributed by atoms with Gasteiger partial charge in [0.15, 0.2) is 5.78 Å². The minimum Gasteiger partial charge on any atom is -0.478 e. The highest BCUT2D eigenvalue weighted by molar-refractivity contribution is 6.06. The topological polar surface area (TPSA) is 101 Å². The molecule has 0 aliphatic heterocycles. The summed E-state index contributed by atoms with van der Waals surface area (Å²) in [6.45, 7) is 8.23. The molecule has 0 aromatic heterocycles. The number of ketones is 1. The van der Waals surface area contributed by atoms with Gasteiger partial charge in [-0.05, 0) is 25.0 Å². The third-order valence-electron chi connectivity index (χ3n) is 4.56. The fourth-order valence-electron chi connectivity index (χ4n) is 2.90. The molecule has 0 heterocycles. The van der Waals surface area contributed by atoms with Gasteiger partial charge < -0.3 is 14.9 Å². The third-order valence-corrected chi connectivity index (χ3v) is 4.56. The number of hydrogen-bond acceptors (Lipinski definition) is 5. The lowest BCUT2D eigenvalue weighted by molar-refractivity contribution is 0.0487. The number of rotatable bonds is 14. The predicted octanol–water partition coefficient (Wildman–Crippen LogP) is 5.91. The summed E-state index contributed by atoms with van der Waals surface area (Å²) in [4.78, 5) is 35.8. The molecule has 0 aliphatic rings. The molecule has 2 N–H and O–H groups in total. The molecule has 1 rings (SSSR count). The van der Waals surface area contributed by atoms with Crippen molar-refractivity contribution in [3.8, 4) is 0 Å². The molecule has 0 radical (unpaired) electrons. The molecule has 0 atom stereocenters. The van der Waals surface area contributed by atoms with Gasteiger partial charge in [0.2, 0.25) is 0 Å². The van der Waals surface area contributed by atoms with Crippen molar-refractivity contribution in [2.75, 3.05) is 13.2 Å². The number of unbranched alkanes of at least 4 members (excludes halogenated alkanes) is 7. The maximum atomic E-state index is 12.3. The van der Waals surface area contributed by atoms with Crippen LogP contribution in [0.4, 0.5) is 0 Å². The second-order valence-electron chi connectivity index (χ2n) is 7.98. The van der Waals surface area contributed by atoms with E-state index in [1.54, 1.807) is 13.8 Å². The normalized spacial score (nSPS) is 10.4. The van der Waals surface area contributed by atoms with Crippen molar-refractivity contribution in [2.45, 2.75) is 85.5 Å². The summed E-state index contributed by atoms with van der Waals surface area (Å²) in [5.41, 5.74) is 0.0733. The Morgan fingerprint density at radius 2 is 1.39 bits per heavy atom. The van der Waals surface area contributed by atoms with Gasteiger partial charge in [-0.1, -0.05) is 78.7 Å². The smallest absolute Gasteiger partial charge is 0.339 e. The first-order chi connectivity index (χ1) is 14.8. The van der Waals surface area contributed by atoms with Crippen LogP contribution >= 0.6 is 0 Å². The molecule has 0 saturated heterocycles. The van der Waals surface area contributed by atoms with Crippen LogP contribution in [-0.2, 0) is 4.74 Å². The van der Waals surface area contributed by atoms with Gasteiger partial charge in [-0.2, -0.15) is 0 Å². The minimum absolute atomic E-state index is 0.0807. The summed E-state index contributed by atoms with van der Waals surface area (Å²) >= 11 is 0. The zero-order chi connectivity index (χ0) is 23.6. The van der Waals surface area contributed by atoms with Crippen LogP contribution in [0.1, 0.15) is 117 Å². The molecule has 1 aromatic rings. The van der Waals surface area contributed by atoms with Crippen LogP contribution in [0.15, 0.2) is 18.2 Å². The number of carboxylic acid groups (broad SMARTS) is 1. The highest BCUT2D eigenvalue weighted by Gasteiger charge is 2.21. The van der Waals surface area contributed by atoms with Gasteiger partial charge in [0, 0.05) is 18.1 Å². The Kier molecular flexibility index (Phi) is 16.2. The number of ether oxygens (including phenoxy) is 1. The van der Waals surface area contributed by atoms with Crippen LogP contribution in [0, 0.1) is 5.92 Å². The molecule has 0 saturated carbocycles. The summed E-state index contributed by atoms with van der Waals surface area (Å²) in [6, 6.07) is 4.04. The predicted molar refractivity (Wildman–Crippen MR) is 123 cm³/mol. The Bertz CT molecular complexity index is 666. The van der Waals surface area contributed by atoms with Gasteiger partial charge in [-0.3, -0.25) is 4.79 Å². The Morgan fingerprint density at radius 1 is 0.871 bits per heavy atom. The summed E-state index contributed by atoms with van der Waals surface area (Å²) in [5.74, 6) is -2.33. The van der Waals surface area contributed by atoms with E-state index < -0.39 is 11.9 Å². The van der Waals surface area contributed by atoms with Crippen LogP contribution < -0.4 is 0 Å². The zero-order valence-corrected chi connectivity index (χ0v) is 19.6. The molecule has 0 aliphatic carbocycles. The average Bonchev–Trinajstić information content (AvgIpc) is 2.74. The lowest BCUT2D eigenvalue weighted by Gasteiger charge is -2.10. The molecular formula is C25H40O6. The summed E-state index contributed by atoms with van der Waals surface area (Å²) < 4.78 is 5.23. The number of hydrogen-bond donors (Lipinski definition) is 2. The highest BCUT2D eigenvalue weighted by Crippen LogP contribution is 2.17. The zero-order valence-electron chi connectivity index (χ0n) is 19.6. The molecule has 6 nitrogen and oxygen atoms in total. The van der Waals surface area contributed by atoms with Crippen molar-refractivity contribution in [1.82, 2.24) is 0 Å². The van der Waals surface area contributed by atoms with Crippen LogP contribution in [0.25, 0.3) is 0 Å². The molecule has 6 heteroatoms. The minimum atomic E-state index is -1.23. The van der Waals surface area contributed by atoms with Crippen molar-refractivity contribution in [1.29, 1.82) is 0 Å². The van der Waals surface area contributed by atoms with Crippen molar-refractivity contribution in [2.24, 2.45) is 5.92 Å². The van der Waals surface area contributed by atoms with E-state index in [-0.39, 0.29) is 36.0 Å². The van der Waals surface area contributed by atoms with E-state index in [0.717, 1.165) is 51.4 Å². The van der Waals surface area contributed by atoms with Crippen LogP contribution in [0.3, 0.4) is 0 Å². The Morgan fingerprint density at radius 3 is 1.87 bits per heavy atom. The van der Waals surface area contributed by atoms with Crippen molar-refractivity contribution >= 4 is 17.7 Å². The summed E-state index contributed by atoms with van der Waals surface area (Å²) in [7, 11) is 0. The number of carboxylic acids is 1. The SMILES string of the molecule is CC(C)C(=O)c1ccc(C(=O)O)c(C(=O)OCCCCCCCCCCO)c1.CCC. The van der Waals surface area contributed by atoms with Gasteiger partial charge >= 0.3 is 11.9 Å². The fraction of sp³-hybridized carbons (Fsp3) is 0.640. The van der Waals surface area contributed by atoms with E-state index in [0.29, 0.717) is 5.56 Å². The number of aliphatic hydroxyl groups excluding tert-OH is 1. The summed E-state index contributed by atoms with van der Waals surface area (Å²) in [6.07, 6.45) is 9.24. The molecule has 1 aromatic carbocycles. The molecule has 0 fully saturated rings. The maximum absolute atomic E-state index is 12.3. The van der Waals surface area contributed by atoms with E-state index in [4.69, 9.17) is 9.84 Å². The van der Waals surface area contributed by atoms with E-state index in [9.17, 15) is 19.5 Å². The van der Waals surface area contributed by atoms with E-state index in [2.05, 4.69) is 13.8 Å². The molecule has 0 bridgehead atoms. The van der Waals surface area contributed by atoms with Crippen molar-refractivity contribution in [3.05, 3.63) is 34.9 Å². The number of Topliss-reactive ketones (excluding diaryl/α,β-unsaturated/α-hetero) is 1. The van der Waals surface area contributed by atoms with Crippen molar-refractivity contribution < 1.29 is 29.3 Å². The monoisotopic (exact) mass is 436 g/mol. The number of carbonyl (C=O) groups excluding carboxylic acids is 2. The van der Waals surface area contributed by atoms with Gasteiger partial charge in [0.05, 0.1) is 17.7 Å². The largest absolute Gasteiger partial charge is 0.478 e. The summed E-state index contributed by atoms with van der Waals surface area (Å²) in [5, 5.41) is 18.0. The molecule has 176 valence electrons. The number of benzene rings is 1. The first-order valence-electron chi connectivity index (χ1n) is 11.5. The number of aromatic carboxylic acids is 1. The molecule has 0 amide bonds.